The van der Waals surface area contributed by atoms with Gasteiger partial charge in [-0.25, -0.2) is 4.79 Å². The van der Waals surface area contributed by atoms with E-state index in [2.05, 4.69) is 32.0 Å². The van der Waals surface area contributed by atoms with Crippen LogP contribution in [0.15, 0.2) is 34.9 Å². The minimum Gasteiger partial charge on any atom is -0.444 e. The van der Waals surface area contributed by atoms with Gasteiger partial charge in [-0.1, -0.05) is 23.2 Å². The second kappa shape index (κ2) is 9.72. The number of nitrogens with zero attached hydrogens (tertiary/aromatic N) is 1. The highest BCUT2D eigenvalue weighted by atomic mass is 79.9. The fraction of sp³-hybridized carbons (Fsp3) is 0.316. The van der Waals surface area contributed by atoms with Crippen molar-refractivity contribution in [2.45, 2.75) is 39.3 Å². The molecule has 0 radical (unpaired) electrons. The van der Waals surface area contributed by atoms with Crippen LogP contribution in [0.1, 0.15) is 38.2 Å². The van der Waals surface area contributed by atoms with E-state index in [0.29, 0.717) is 20.2 Å². The monoisotopic (exact) mass is 518 g/mol. The molecule has 8 nitrogen and oxygen atoms in total. The lowest BCUT2D eigenvalue weighted by Crippen LogP contribution is -2.46. The highest BCUT2D eigenvalue weighted by Crippen LogP contribution is 2.24. The highest BCUT2D eigenvalue weighted by Gasteiger charge is 2.23. The number of amides is 3. The normalized spacial score (nSPS) is 12.1. The lowest BCUT2D eigenvalue weighted by Gasteiger charge is -2.22. The second-order valence-corrected chi connectivity index (χ2v) is 9.07. The Morgan fingerprint density at radius 3 is 2.30 bits per heavy atom. The zero-order chi connectivity index (χ0) is 22.6. The molecule has 0 spiro atoms. The van der Waals surface area contributed by atoms with Crippen molar-refractivity contribution in [3.8, 4) is 0 Å². The van der Waals surface area contributed by atoms with Gasteiger partial charge in [-0.15, -0.1) is 0 Å². The van der Waals surface area contributed by atoms with Crippen molar-refractivity contribution in [1.29, 1.82) is 0 Å². The Bertz CT molecular complexity index is 952. The summed E-state index contributed by atoms with van der Waals surface area (Å²) in [6, 6.07) is 5.29. The second-order valence-electron chi connectivity index (χ2n) is 7.34. The van der Waals surface area contributed by atoms with Gasteiger partial charge < -0.3 is 15.4 Å². The van der Waals surface area contributed by atoms with Crippen LogP contribution in [0, 0.1) is 0 Å². The van der Waals surface area contributed by atoms with Gasteiger partial charge in [-0.3, -0.25) is 19.7 Å². The Labute approximate surface area is 192 Å². The fourth-order valence-corrected chi connectivity index (χ4v) is 3.32. The smallest absolute Gasteiger partial charge is 0.408 e. The minimum absolute atomic E-state index is 0.129. The topological polar surface area (TPSA) is 101 Å². The van der Waals surface area contributed by atoms with Crippen molar-refractivity contribution < 1.29 is 19.1 Å². The zero-order valence-electron chi connectivity index (χ0n) is 16.7. The van der Waals surface area contributed by atoms with Crippen molar-refractivity contribution in [1.82, 2.24) is 9.99 Å². The van der Waals surface area contributed by atoms with E-state index in [4.69, 9.17) is 27.9 Å². The molecule has 0 aliphatic carbocycles. The van der Waals surface area contributed by atoms with E-state index < -0.39 is 29.6 Å². The summed E-state index contributed by atoms with van der Waals surface area (Å²) in [6.45, 7) is 6.64. The number of anilines is 1. The van der Waals surface area contributed by atoms with Gasteiger partial charge in [-0.05, 0) is 67.9 Å². The van der Waals surface area contributed by atoms with Crippen LogP contribution in [0.25, 0.3) is 0 Å². The lowest BCUT2D eigenvalue weighted by molar-refractivity contribution is -0.118. The molecule has 0 bridgehead atoms. The van der Waals surface area contributed by atoms with Crippen LogP contribution in [-0.4, -0.2) is 34.2 Å². The first-order valence-corrected chi connectivity index (χ1v) is 10.4. The molecule has 2 aromatic rings. The molecule has 0 aliphatic rings. The third kappa shape index (κ3) is 6.93. The van der Waals surface area contributed by atoms with Crippen LogP contribution in [0.5, 0.6) is 0 Å². The molecule has 3 N–H and O–H groups in total. The standard InChI is InChI=1S/C19H21BrCl2N4O4/c1-10(23-18(29)30-19(2,3)4)16(27)25-26-6-5-14(20)15(26)17(28)24-13-8-11(21)7-12(22)9-13/h5-10H,1-4H3,(H,23,29)(H,24,28)(H,25,27). The summed E-state index contributed by atoms with van der Waals surface area (Å²) < 4.78 is 6.81. The molecule has 1 aromatic heterocycles. The number of halogens is 3. The molecule has 1 aromatic carbocycles. The molecule has 11 heteroatoms. The maximum atomic E-state index is 12.7. The Kier molecular flexibility index (Phi) is 7.79. The molecule has 0 aliphatic heterocycles. The van der Waals surface area contributed by atoms with E-state index in [9.17, 15) is 14.4 Å². The first-order valence-electron chi connectivity index (χ1n) is 8.80. The van der Waals surface area contributed by atoms with Crippen LogP contribution >= 0.6 is 39.1 Å². The van der Waals surface area contributed by atoms with Gasteiger partial charge in [0, 0.05) is 21.9 Å². The molecule has 0 fully saturated rings. The molecule has 0 saturated carbocycles. The quantitative estimate of drug-likeness (QED) is 0.528. The summed E-state index contributed by atoms with van der Waals surface area (Å²) in [4.78, 5) is 37.0. The van der Waals surface area contributed by atoms with Crippen molar-refractivity contribution in [2.24, 2.45) is 0 Å². The Morgan fingerprint density at radius 1 is 1.13 bits per heavy atom. The van der Waals surface area contributed by atoms with Crippen molar-refractivity contribution in [3.63, 3.8) is 0 Å². The molecule has 3 amide bonds. The number of hydrogen-bond acceptors (Lipinski definition) is 4. The third-order valence-corrected chi connectivity index (χ3v) is 4.61. The summed E-state index contributed by atoms with van der Waals surface area (Å²) in [5.41, 5.74) is 2.38. The van der Waals surface area contributed by atoms with Gasteiger partial charge >= 0.3 is 6.09 Å². The Morgan fingerprint density at radius 2 is 1.73 bits per heavy atom. The number of nitrogens with one attached hydrogen (secondary N) is 3. The fourth-order valence-electron chi connectivity index (χ4n) is 2.30. The predicted molar refractivity (Wildman–Crippen MR) is 120 cm³/mol. The van der Waals surface area contributed by atoms with Gasteiger partial charge in [-0.2, -0.15) is 0 Å². The lowest BCUT2D eigenvalue weighted by atomic mass is 10.2. The number of carbonyl (C=O) groups excluding carboxylic acids is 3. The molecule has 1 atom stereocenters. The van der Waals surface area contributed by atoms with E-state index in [1.54, 1.807) is 26.8 Å². The van der Waals surface area contributed by atoms with E-state index in [1.807, 2.05) is 0 Å². The van der Waals surface area contributed by atoms with E-state index in [-0.39, 0.29) is 5.69 Å². The van der Waals surface area contributed by atoms with E-state index in [1.165, 1.54) is 36.0 Å². The number of ether oxygens (including phenoxy) is 1. The van der Waals surface area contributed by atoms with Crippen LogP contribution < -0.4 is 16.1 Å². The first-order chi connectivity index (χ1) is 13.9. The van der Waals surface area contributed by atoms with Crippen LogP contribution in [-0.2, 0) is 9.53 Å². The maximum Gasteiger partial charge on any atom is 0.408 e. The molecule has 1 heterocycles. The highest BCUT2D eigenvalue weighted by molar-refractivity contribution is 9.10. The summed E-state index contributed by atoms with van der Waals surface area (Å²) >= 11 is 15.2. The Balaban J connectivity index is 2.10. The van der Waals surface area contributed by atoms with Crippen molar-refractivity contribution >= 4 is 62.7 Å². The SMILES string of the molecule is CC(NC(=O)OC(C)(C)C)C(=O)Nn1ccc(Br)c1C(=O)Nc1cc(Cl)cc(Cl)c1. The molecule has 30 heavy (non-hydrogen) atoms. The van der Waals surface area contributed by atoms with Gasteiger partial charge in [0.25, 0.3) is 11.8 Å². The number of carbonyl (C=O) groups is 3. The minimum atomic E-state index is -0.913. The summed E-state index contributed by atoms with van der Waals surface area (Å²) in [6.07, 6.45) is 0.761. The molecule has 162 valence electrons. The van der Waals surface area contributed by atoms with Gasteiger partial charge in [0.05, 0.1) is 4.47 Å². The summed E-state index contributed by atoms with van der Waals surface area (Å²) in [5, 5.41) is 5.83. The number of aromatic nitrogens is 1. The van der Waals surface area contributed by atoms with E-state index in [0.717, 1.165) is 0 Å². The maximum absolute atomic E-state index is 12.7. The number of rotatable bonds is 5. The Hall–Kier alpha value is -2.23. The summed E-state index contributed by atoms with van der Waals surface area (Å²) in [7, 11) is 0. The largest absolute Gasteiger partial charge is 0.444 e. The molecular weight excluding hydrogens is 499 g/mol. The number of hydrogen-bond donors (Lipinski definition) is 3. The van der Waals surface area contributed by atoms with E-state index >= 15 is 0 Å². The van der Waals surface area contributed by atoms with Crippen LogP contribution in [0.3, 0.4) is 0 Å². The number of alkyl carbamates (subject to hydrolysis) is 1. The van der Waals surface area contributed by atoms with Gasteiger partial charge in [0.1, 0.15) is 17.3 Å². The van der Waals surface area contributed by atoms with Crippen LogP contribution in [0.2, 0.25) is 10.0 Å². The van der Waals surface area contributed by atoms with Crippen molar-refractivity contribution in [2.75, 3.05) is 10.7 Å². The molecule has 2 rings (SSSR count). The average Bonchev–Trinajstić information content (AvgIpc) is 2.92. The number of benzene rings is 1. The summed E-state index contributed by atoms with van der Waals surface area (Å²) in [5.74, 6) is -1.07. The molecular formula is C19H21BrCl2N4O4. The zero-order valence-corrected chi connectivity index (χ0v) is 19.8. The van der Waals surface area contributed by atoms with Gasteiger partial charge in [0.15, 0.2) is 0 Å². The molecule has 1 unspecified atom stereocenters. The molecule has 0 saturated heterocycles. The predicted octanol–water partition coefficient (Wildman–Crippen LogP) is 4.79. The van der Waals surface area contributed by atoms with Gasteiger partial charge in [0.2, 0.25) is 0 Å². The average molecular weight is 520 g/mol. The van der Waals surface area contributed by atoms with Crippen LogP contribution in [0.4, 0.5) is 10.5 Å². The third-order valence-electron chi connectivity index (χ3n) is 3.53. The first kappa shape index (κ1) is 24.0. The van der Waals surface area contributed by atoms with Crippen molar-refractivity contribution in [3.05, 3.63) is 50.7 Å².